The van der Waals surface area contributed by atoms with Crippen molar-refractivity contribution in [1.29, 1.82) is 0 Å². The van der Waals surface area contributed by atoms with E-state index in [2.05, 4.69) is 42.0 Å². The standard InChI is InChI=1S/C15H22BrNOS/c1-15(2,3)13(9-10-16)17-14(18)11-7-5-6-8-12(11)19-4/h5-8,13H,9-10H2,1-4H3,(H,17,18). The molecule has 1 atom stereocenters. The first-order chi connectivity index (χ1) is 8.90. The van der Waals surface area contributed by atoms with Crippen LogP contribution < -0.4 is 5.32 Å². The molecule has 1 aromatic carbocycles. The van der Waals surface area contributed by atoms with Crippen LogP contribution in [0.25, 0.3) is 0 Å². The zero-order valence-corrected chi connectivity index (χ0v) is 14.4. The predicted molar refractivity (Wildman–Crippen MR) is 87.3 cm³/mol. The summed E-state index contributed by atoms with van der Waals surface area (Å²) in [6, 6.07) is 7.90. The van der Waals surface area contributed by atoms with Gasteiger partial charge in [0.25, 0.3) is 5.91 Å². The molecule has 1 rings (SSSR count). The highest BCUT2D eigenvalue weighted by Crippen LogP contribution is 2.24. The molecule has 0 aromatic heterocycles. The number of nitrogens with one attached hydrogen (secondary N) is 1. The Morgan fingerprint density at radius 1 is 1.37 bits per heavy atom. The average molecular weight is 344 g/mol. The highest BCUT2D eigenvalue weighted by Gasteiger charge is 2.26. The van der Waals surface area contributed by atoms with Crippen molar-refractivity contribution in [2.45, 2.75) is 38.1 Å². The Morgan fingerprint density at radius 3 is 2.53 bits per heavy atom. The van der Waals surface area contributed by atoms with E-state index in [4.69, 9.17) is 0 Å². The fourth-order valence-electron chi connectivity index (χ4n) is 1.90. The Labute approximate surface area is 128 Å². The van der Waals surface area contributed by atoms with Crippen LogP contribution in [0, 0.1) is 5.41 Å². The fourth-order valence-corrected chi connectivity index (χ4v) is 2.95. The van der Waals surface area contributed by atoms with Crippen LogP contribution in [0.1, 0.15) is 37.6 Å². The zero-order chi connectivity index (χ0) is 14.5. The van der Waals surface area contributed by atoms with E-state index >= 15 is 0 Å². The number of carbonyl (C=O) groups excluding carboxylic acids is 1. The molecule has 0 aliphatic rings. The molecule has 19 heavy (non-hydrogen) atoms. The molecule has 4 heteroatoms. The summed E-state index contributed by atoms with van der Waals surface area (Å²) in [4.78, 5) is 13.4. The van der Waals surface area contributed by atoms with Crippen LogP contribution in [-0.4, -0.2) is 23.5 Å². The molecule has 2 nitrogen and oxygen atoms in total. The molecular weight excluding hydrogens is 322 g/mol. The highest BCUT2D eigenvalue weighted by molar-refractivity contribution is 9.09. The number of thioether (sulfide) groups is 1. The van der Waals surface area contributed by atoms with Gasteiger partial charge in [-0.25, -0.2) is 0 Å². The van der Waals surface area contributed by atoms with Gasteiger partial charge in [-0.2, -0.15) is 0 Å². The monoisotopic (exact) mass is 343 g/mol. The molecule has 0 fully saturated rings. The largest absolute Gasteiger partial charge is 0.349 e. The lowest BCUT2D eigenvalue weighted by molar-refractivity contribution is 0.0898. The number of alkyl halides is 1. The van der Waals surface area contributed by atoms with Gasteiger partial charge in [-0.05, 0) is 30.2 Å². The summed E-state index contributed by atoms with van der Waals surface area (Å²) in [6.07, 6.45) is 2.92. The summed E-state index contributed by atoms with van der Waals surface area (Å²) in [5.74, 6) is 0.0193. The summed E-state index contributed by atoms with van der Waals surface area (Å²) >= 11 is 5.06. The van der Waals surface area contributed by atoms with Crippen molar-refractivity contribution in [2.75, 3.05) is 11.6 Å². The second-order valence-electron chi connectivity index (χ2n) is 5.57. The lowest BCUT2D eigenvalue weighted by atomic mass is 9.85. The van der Waals surface area contributed by atoms with E-state index < -0.39 is 0 Å². The lowest BCUT2D eigenvalue weighted by Crippen LogP contribution is -2.44. The van der Waals surface area contributed by atoms with Crippen molar-refractivity contribution in [3.63, 3.8) is 0 Å². The minimum Gasteiger partial charge on any atom is -0.349 e. The topological polar surface area (TPSA) is 29.1 Å². The van der Waals surface area contributed by atoms with E-state index in [-0.39, 0.29) is 17.4 Å². The quantitative estimate of drug-likeness (QED) is 0.636. The van der Waals surface area contributed by atoms with Crippen LogP contribution in [0.5, 0.6) is 0 Å². The Balaban J connectivity index is 2.88. The summed E-state index contributed by atoms with van der Waals surface area (Å²) in [5, 5.41) is 4.05. The minimum atomic E-state index is 0.0193. The number of halogens is 1. The molecule has 106 valence electrons. The van der Waals surface area contributed by atoms with Crippen molar-refractivity contribution in [3.05, 3.63) is 29.8 Å². The molecule has 0 spiro atoms. The maximum Gasteiger partial charge on any atom is 0.252 e. The molecule has 0 saturated carbocycles. The van der Waals surface area contributed by atoms with Crippen LogP contribution in [0.4, 0.5) is 0 Å². The molecule has 0 aliphatic carbocycles. The van der Waals surface area contributed by atoms with Gasteiger partial charge >= 0.3 is 0 Å². The molecule has 0 bridgehead atoms. The first kappa shape index (κ1) is 16.6. The Kier molecular flexibility index (Phi) is 6.40. The Morgan fingerprint density at radius 2 is 2.00 bits per heavy atom. The molecule has 1 N–H and O–H groups in total. The summed E-state index contributed by atoms with van der Waals surface area (Å²) in [5.41, 5.74) is 0.816. The summed E-state index contributed by atoms with van der Waals surface area (Å²) in [7, 11) is 0. The van der Waals surface area contributed by atoms with Crippen molar-refractivity contribution < 1.29 is 4.79 Å². The lowest BCUT2D eigenvalue weighted by Gasteiger charge is -2.31. The van der Waals surface area contributed by atoms with Gasteiger partial charge in [-0.15, -0.1) is 11.8 Å². The maximum absolute atomic E-state index is 12.4. The van der Waals surface area contributed by atoms with Gasteiger partial charge in [0, 0.05) is 16.3 Å². The van der Waals surface area contributed by atoms with Crippen molar-refractivity contribution in [3.8, 4) is 0 Å². The summed E-state index contributed by atoms with van der Waals surface area (Å²) in [6.45, 7) is 6.46. The number of rotatable bonds is 5. The van der Waals surface area contributed by atoms with E-state index in [1.54, 1.807) is 11.8 Å². The third-order valence-electron chi connectivity index (χ3n) is 3.10. The minimum absolute atomic E-state index is 0.0193. The third kappa shape index (κ3) is 4.84. The number of hydrogen-bond acceptors (Lipinski definition) is 2. The molecule has 1 unspecified atom stereocenters. The second-order valence-corrected chi connectivity index (χ2v) is 7.21. The maximum atomic E-state index is 12.4. The van der Waals surface area contributed by atoms with Gasteiger partial charge in [0.1, 0.15) is 0 Å². The number of amides is 1. The van der Waals surface area contributed by atoms with E-state index in [0.717, 1.165) is 22.2 Å². The first-order valence-electron chi connectivity index (χ1n) is 6.40. The number of hydrogen-bond donors (Lipinski definition) is 1. The van der Waals surface area contributed by atoms with Gasteiger partial charge < -0.3 is 5.32 Å². The summed E-state index contributed by atoms with van der Waals surface area (Å²) < 4.78 is 0. The van der Waals surface area contributed by atoms with Crippen LogP contribution in [0.2, 0.25) is 0 Å². The smallest absolute Gasteiger partial charge is 0.252 e. The fraction of sp³-hybridized carbons (Fsp3) is 0.533. The predicted octanol–water partition coefficient (Wildman–Crippen LogP) is 4.34. The van der Waals surface area contributed by atoms with Gasteiger partial charge in [0.15, 0.2) is 0 Å². The van der Waals surface area contributed by atoms with Crippen LogP contribution in [0.15, 0.2) is 29.2 Å². The first-order valence-corrected chi connectivity index (χ1v) is 8.74. The van der Waals surface area contributed by atoms with Crippen molar-refractivity contribution in [1.82, 2.24) is 5.32 Å². The molecule has 0 aliphatic heterocycles. The second kappa shape index (κ2) is 7.34. The molecule has 0 saturated heterocycles. The molecule has 1 aromatic rings. The number of benzene rings is 1. The van der Waals surface area contributed by atoms with Crippen molar-refractivity contribution in [2.24, 2.45) is 5.41 Å². The van der Waals surface area contributed by atoms with E-state index in [0.29, 0.717) is 0 Å². The van der Waals surface area contributed by atoms with E-state index in [1.807, 2.05) is 30.5 Å². The van der Waals surface area contributed by atoms with Gasteiger partial charge in [-0.1, -0.05) is 48.8 Å². The molecule has 0 radical (unpaired) electrons. The van der Waals surface area contributed by atoms with Gasteiger partial charge in [0.2, 0.25) is 0 Å². The molecule has 1 amide bonds. The van der Waals surface area contributed by atoms with E-state index in [1.165, 1.54) is 0 Å². The van der Waals surface area contributed by atoms with Crippen LogP contribution in [0.3, 0.4) is 0 Å². The van der Waals surface area contributed by atoms with Crippen molar-refractivity contribution >= 4 is 33.6 Å². The third-order valence-corrected chi connectivity index (χ3v) is 4.35. The molecule has 0 heterocycles. The van der Waals surface area contributed by atoms with Gasteiger partial charge in [0.05, 0.1) is 5.56 Å². The number of carbonyl (C=O) groups is 1. The van der Waals surface area contributed by atoms with Crippen LogP contribution in [-0.2, 0) is 0 Å². The van der Waals surface area contributed by atoms with Gasteiger partial charge in [-0.3, -0.25) is 4.79 Å². The Bertz CT molecular complexity index is 428. The average Bonchev–Trinajstić information content (AvgIpc) is 2.37. The zero-order valence-electron chi connectivity index (χ0n) is 12.0. The SMILES string of the molecule is CSc1ccccc1C(=O)NC(CCBr)C(C)(C)C. The van der Waals surface area contributed by atoms with Crippen LogP contribution >= 0.6 is 27.7 Å². The highest BCUT2D eigenvalue weighted by atomic mass is 79.9. The molecular formula is C15H22BrNOS. The van der Waals surface area contributed by atoms with E-state index in [9.17, 15) is 4.79 Å². The normalized spacial score (nSPS) is 13.1. The Hall–Kier alpha value is -0.480.